The van der Waals surface area contributed by atoms with Crippen molar-refractivity contribution in [2.75, 3.05) is 0 Å². The number of alkyl halides is 6. The maximum atomic E-state index is 14.3. The third-order valence-electron chi connectivity index (χ3n) is 3.89. The topological polar surface area (TPSA) is 53.2 Å². The molecule has 3 rings (SSSR count). The molecule has 1 aliphatic carbocycles. The van der Waals surface area contributed by atoms with Gasteiger partial charge in [0.15, 0.2) is 6.17 Å². The van der Waals surface area contributed by atoms with Crippen molar-refractivity contribution in [3.05, 3.63) is 52.8 Å². The van der Waals surface area contributed by atoms with E-state index in [1.165, 1.54) is 0 Å². The van der Waals surface area contributed by atoms with Crippen LogP contribution in [-0.4, -0.2) is 16.5 Å². The second kappa shape index (κ2) is 6.86. The largest absolute Gasteiger partial charge is 0.457 e. The fraction of sp³-hybridized carbons (Fsp3) is 0.235. The van der Waals surface area contributed by atoms with Gasteiger partial charge in [0.05, 0.1) is 11.6 Å². The number of nitriles is 1. The summed E-state index contributed by atoms with van der Waals surface area (Å²) in [4.78, 5) is -0.806. The van der Waals surface area contributed by atoms with Crippen LogP contribution in [0.25, 0.3) is 0 Å². The smallest absolute Gasteiger partial charge is 0.446 e. The lowest BCUT2D eigenvalue weighted by molar-refractivity contribution is -0.143. The SMILES string of the molecule is N#Cc1cc(F)cc(Oc2ccc(SC(F)(F)F)c3c2C(F)C(F)(F)C3O)c1. The number of hydrogen-bond acceptors (Lipinski definition) is 4. The van der Waals surface area contributed by atoms with Crippen LogP contribution in [0, 0.1) is 17.1 Å². The average molecular weight is 423 g/mol. The minimum atomic E-state index is -4.87. The molecule has 2 atom stereocenters. The Kier molecular flexibility index (Phi) is 4.97. The van der Waals surface area contributed by atoms with Gasteiger partial charge in [0, 0.05) is 22.1 Å². The van der Waals surface area contributed by atoms with Crippen molar-refractivity contribution >= 4 is 11.8 Å². The van der Waals surface area contributed by atoms with Gasteiger partial charge in [-0.2, -0.15) is 27.2 Å². The molecule has 28 heavy (non-hydrogen) atoms. The Hall–Kier alpha value is -2.45. The van der Waals surface area contributed by atoms with E-state index in [0.717, 1.165) is 30.3 Å². The van der Waals surface area contributed by atoms with E-state index >= 15 is 0 Å². The number of fused-ring (bicyclic) bond motifs is 1. The minimum absolute atomic E-state index is 0.182. The van der Waals surface area contributed by atoms with E-state index in [1.807, 2.05) is 0 Å². The van der Waals surface area contributed by atoms with Gasteiger partial charge in [-0.3, -0.25) is 0 Å². The van der Waals surface area contributed by atoms with Crippen LogP contribution in [0.2, 0.25) is 0 Å². The molecule has 0 heterocycles. The molecule has 11 heteroatoms. The Morgan fingerprint density at radius 3 is 2.43 bits per heavy atom. The van der Waals surface area contributed by atoms with Gasteiger partial charge in [0.25, 0.3) is 0 Å². The molecule has 0 spiro atoms. The Balaban J connectivity index is 2.13. The predicted octanol–water partition coefficient (Wildman–Crippen LogP) is 5.79. The summed E-state index contributed by atoms with van der Waals surface area (Å²) >= 11 is -0.782. The summed E-state index contributed by atoms with van der Waals surface area (Å²) in [6.45, 7) is 0. The molecule has 2 aromatic carbocycles. The highest BCUT2D eigenvalue weighted by Crippen LogP contribution is 2.59. The van der Waals surface area contributed by atoms with Crippen LogP contribution in [0.15, 0.2) is 35.2 Å². The second-order valence-corrected chi connectivity index (χ2v) is 6.87. The molecule has 0 saturated heterocycles. The van der Waals surface area contributed by atoms with Crippen molar-refractivity contribution in [2.24, 2.45) is 0 Å². The fourth-order valence-electron chi connectivity index (χ4n) is 2.78. The Morgan fingerprint density at radius 2 is 1.82 bits per heavy atom. The third kappa shape index (κ3) is 3.62. The van der Waals surface area contributed by atoms with Crippen LogP contribution >= 0.6 is 11.8 Å². The van der Waals surface area contributed by atoms with Crippen LogP contribution in [0.3, 0.4) is 0 Å². The molecule has 1 N–H and O–H groups in total. The molecule has 1 aliphatic rings. The summed E-state index contributed by atoms with van der Waals surface area (Å²) in [6.07, 6.45) is -5.97. The zero-order valence-corrected chi connectivity index (χ0v) is 14.2. The summed E-state index contributed by atoms with van der Waals surface area (Å²) in [5.74, 6) is -6.27. The molecule has 0 saturated carbocycles. The van der Waals surface area contributed by atoms with E-state index in [-0.39, 0.29) is 11.3 Å². The molecule has 2 aromatic rings. The van der Waals surface area contributed by atoms with Crippen LogP contribution in [0.1, 0.15) is 29.0 Å². The van der Waals surface area contributed by atoms with E-state index in [4.69, 9.17) is 10.00 Å². The predicted molar refractivity (Wildman–Crippen MR) is 83.3 cm³/mol. The number of aliphatic hydroxyl groups is 1. The highest BCUT2D eigenvalue weighted by Gasteiger charge is 2.58. The first-order chi connectivity index (χ1) is 12.9. The first-order valence-electron chi connectivity index (χ1n) is 7.45. The lowest BCUT2D eigenvalue weighted by atomic mass is 10.1. The maximum absolute atomic E-state index is 14.3. The van der Waals surface area contributed by atoms with Gasteiger partial charge in [-0.25, -0.2) is 8.78 Å². The van der Waals surface area contributed by atoms with Gasteiger partial charge in [0.1, 0.15) is 23.4 Å². The summed E-state index contributed by atoms with van der Waals surface area (Å²) < 4.78 is 99.0. The summed E-state index contributed by atoms with van der Waals surface area (Å²) in [6, 6.07) is 5.85. The highest BCUT2D eigenvalue weighted by atomic mass is 32.2. The van der Waals surface area contributed by atoms with Crippen molar-refractivity contribution < 1.29 is 40.6 Å². The normalized spacial score (nSPS) is 20.5. The standard InChI is InChI=1S/C17H8F7NO2S/c18-8-3-7(6-25)4-9(5-8)27-10-1-2-11(28-17(22,23)24)13-12(10)14(19)16(20,21)15(13)26/h1-5,14-15,26H. The molecule has 148 valence electrons. The molecular formula is C17H8F7NO2S. The number of hydrogen-bond donors (Lipinski definition) is 1. The van der Waals surface area contributed by atoms with Gasteiger partial charge in [-0.1, -0.05) is 0 Å². The van der Waals surface area contributed by atoms with Gasteiger partial charge < -0.3 is 9.84 Å². The fourth-order valence-corrected chi connectivity index (χ4v) is 3.50. The maximum Gasteiger partial charge on any atom is 0.446 e. The Morgan fingerprint density at radius 1 is 1.14 bits per heavy atom. The molecule has 0 radical (unpaired) electrons. The van der Waals surface area contributed by atoms with Gasteiger partial charge >= 0.3 is 11.4 Å². The number of nitrogens with zero attached hydrogens (tertiary/aromatic N) is 1. The van der Waals surface area contributed by atoms with E-state index in [0.29, 0.717) is 0 Å². The first kappa shape index (κ1) is 20.3. The summed E-state index contributed by atoms with van der Waals surface area (Å²) in [5.41, 5.74) is -6.97. The van der Waals surface area contributed by atoms with Gasteiger partial charge in [0.2, 0.25) is 0 Å². The lowest BCUT2D eigenvalue weighted by Gasteiger charge is -2.16. The van der Waals surface area contributed by atoms with Crippen LogP contribution in [0.4, 0.5) is 30.7 Å². The Labute approximate surface area is 157 Å². The van der Waals surface area contributed by atoms with E-state index in [1.54, 1.807) is 6.07 Å². The molecule has 0 bridgehead atoms. The van der Waals surface area contributed by atoms with Crippen molar-refractivity contribution in [3.8, 4) is 17.6 Å². The summed E-state index contributed by atoms with van der Waals surface area (Å²) in [7, 11) is 0. The first-order valence-corrected chi connectivity index (χ1v) is 8.26. The van der Waals surface area contributed by atoms with Crippen LogP contribution < -0.4 is 4.74 Å². The van der Waals surface area contributed by atoms with Gasteiger partial charge in [-0.05, 0) is 36.0 Å². The average Bonchev–Trinajstić information content (AvgIpc) is 2.76. The molecule has 0 amide bonds. The molecule has 0 aliphatic heterocycles. The highest BCUT2D eigenvalue weighted by molar-refractivity contribution is 8.00. The summed E-state index contributed by atoms with van der Waals surface area (Å²) in [5, 5.41) is 18.6. The number of thioether (sulfide) groups is 1. The van der Waals surface area contributed by atoms with Gasteiger partial charge in [-0.15, -0.1) is 0 Å². The van der Waals surface area contributed by atoms with Crippen molar-refractivity contribution in [1.29, 1.82) is 5.26 Å². The minimum Gasteiger partial charge on any atom is -0.457 e. The molecule has 0 fully saturated rings. The van der Waals surface area contributed by atoms with E-state index < -0.39 is 63.1 Å². The zero-order valence-electron chi connectivity index (χ0n) is 13.4. The number of rotatable bonds is 3. The number of aliphatic hydroxyl groups excluding tert-OH is 1. The van der Waals surface area contributed by atoms with E-state index in [2.05, 4.69) is 0 Å². The molecule has 0 aromatic heterocycles. The quantitative estimate of drug-likeness (QED) is 0.501. The van der Waals surface area contributed by atoms with Crippen molar-refractivity contribution in [1.82, 2.24) is 0 Å². The molecular weight excluding hydrogens is 415 g/mol. The van der Waals surface area contributed by atoms with E-state index in [9.17, 15) is 35.8 Å². The number of ether oxygens (including phenoxy) is 1. The number of halogens is 7. The second-order valence-electron chi connectivity index (χ2n) is 5.77. The monoisotopic (exact) mass is 423 g/mol. The van der Waals surface area contributed by atoms with Crippen LogP contribution in [0.5, 0.6) is 11.5 Å². The van der Waals surface area contributed by atoms with Crippen LogP contribution in [-0.2, 0) is 0 Å². The number of benzene rings is 2. The lowest BCUT2D eigenvalue weighted by Crippen LogP contribution is -2.24. The van der Waals surface area contributed by atoms with Crippen molar-refractivity contribution in [2.45, 2.75) is 28.6 Å². The zero-order chi connectivity index (χ0) is 20.9. The molecule has 3 nitrogen and oxygen atoms in total. The van der Waals surface area contributed by atoms with Crippen molar-refractivity contribution in [3.63, 3.8) is 0 Å². The third-order valence-corrected chi connectivity index (χ3v) is 4.70. The Bertz CT molecular complexity index is 971. The molecule has 2 unspecified atom stereocenters.